The van der Waals surface area contributed by atoms with Crippen LogP contribution in [0.1, 0.15) is 0 Å². The van der Waals surface area contributed by atoms with Crippen LogP contribution < -0.4 is 5.73 Å². The largest absolute Gasteiger partial charge is 0.504 e. The van der Waals surface area contributed by atoms with Gasteiger partial charge < -0.3 is 10.8 Å². The van der Waals surface area contributed by atoms with Crippen LogP contribution >= 0.6 is 27.5 Å². The third kappa shape index (κ3) is 1.33. The van der Waals surface area contributed by atoms with Crippen molar-refractivity contribution in [3.63, 3.8) is 0 Å². The van der Waals surface area contributed by atoms with Crippen LogP contribution in [0.3, 0.4) is 0 Å². The number of pyridine rings is 1. The summed E-state index contributed by atoms with van der Waals surface area (Å²) in [6, 6.07) is 1.38. The Morgan fingerprint density at radius 3 is 2.80 bits per heavy atom. The molecule has 0 amide bonds. The van der Waals surface area contributed by atoms with E-state index in [0.29, 0.717) is 0 Å². The van der Waals surface area contributed by atoms with Crippen molar-refractivity contribution in [1.82, 2.24) is 4.98 Å². The molecule has 1 rings (SSSR count). The Morgan fingerprint density at radius 1 is 1.70 bits per heavy atom. The van der Waals surface area contributed by atoms with Crippen LogP contribution in [-0.4, -0.2) is 10.1 Å². The molecule has 0 atom stereocenters. The molecule has 0 aliphatic rings. The maximum atomic E-state index is 9.04. The molecular weight excluding hydrogens is 219 g/mol. The van der Waals surface area contributed by atoms with E-state index in [2.05, 4.69) is 20.9 Å². The first-order chi connectivity index (χ1) is 4.61. The van der Waals surface area contributed by atoms with Gasteiger partial charge in [-0.05, 0) is 15.9 Å². The van der Waals surface area contributed by atoms with Crippen molar-refractivity contribution in [2.45, 2.75) is 0 Å². The number of nitrogens with zero attached hydrogens (tertiary/aromatic N) is 1. The molecule has 0 bridgehead atoms. The lowest BCUT2D eigenvalue weighted by atomic mass is 10.4. The molecule has 1 aromatic rings. The Hall–Kier alpha value is -0.480. The number of hydrogen-bond donors (Lipinski definition) is 2. The standard InChI is InChI=1S/C5H4BrClN2O/c6-5-4(10)2(8)1-3(7)9-5/h1,10H,(H2,8,9). The van der Waals surface area contributed by atoms with Gasteiger partial charge in [-0.2, -0.15) is 0 Å². The lowest BCUT2D eigenvalue weighted by Crippen LogP contribution is -1.88. The molecule has 10 heavy (non-hydrogen) atoms. The summed E-state index contributed by atoms with van der Waals surface area (Å²) >= 11 is 8.46. The van der Waals surface area contributed by atoms with Crippen LogP contribution in [0.2, 0.25) is 5.15 Å². The van der Waals surface area contributed by atoms with Gasteiger partial charge in [0.1, 0.15) is 5.15 Å². The first-order valence-corrected chi connectivity index (χ1v) is 3.59. The molecule has 0 saturated heterocycles. The maximum absolute atomic E-state index is 9.04. The number of anilines is 1. The summed E-state index contributed by atoms with van der Waals surface area (Å²) in [5.74, 6) is -0.0793. The quantitative estimate of drug-likeness (QED) is 0.659. The first-order valence-electron chi connectivity index (χ1n) is 2.41. The maximum Gasteiger partial charge on any atom is 0.171 e. The fourth-order valence-corrected chi connectivity index (χ4v) is 1.22. The molecule has 3 nitrogen and oxygen atoms in total. The van der Waals surface area contributed by atoms with Gasteiger partial charge >= 0.3 is 0 Å². The highest BCUT2D eigenvalue weighted by Gasteiger charge is 2.04. The summed E-state index contributed by atoms with van der Waals surface area (Å²) < 4.78 is 0.262. The molecule has 0 aliphatic carbocycles. The van der Waals surface area contributed by atoms with E-state index in [-0.39, 0.29) is 21.2 Å². The van der Waals surface area contributed by atoms with E-state index in [4.69, 9.17) is 22.4 Å². The van der Waals surface area contributed by atoms with Gasteiger partial charge in [0.05, 0.1) is 5.69 Å². The molecule has 0 aliphatic heterocycles. The molecule has 1 heterocycles. The van der Waals surface area contributed by atoms with Crippen LogP contribution in [0.5, 0.6) is 5.75 Å². The third-order valence-corrected chi connectivity index (χ3v) is 1.69. The molecule has 0 spiro atoms. The topological polar surface area (TPSA) is 59.1 Å². The van der Waals surface area contributed by atoms with Crippen molar-refractivity contribution >= 4 is 33.2 Å². The number of aromatic hydroxyl groups is 1. The highest BCUT2D eigenvalue weighted by Crippen LogP contribution is 2.29. The average molecular weight is 223 g/mol. The third-order valence-electron chi connectivity index (χ3n) is 0.948. The molecule has 0 radical (unpaired) electrons. The van der Waals surface area contributed by atoms with Gasteiger partial charge in [-0.25, -0.2) is 4.98 Å². The minimum absolute atomic E-state index is 0.0793. The average Bonchev–Trinajstić information content (AvgIpc) is 1.82. The number of rotatable bonds is 0. The summed E-state index contributed by atoms with van der Waals surface area (Å²) in [5, 5.41) is 9.29. The van der Waals surface area contributed by atoms with Crippen LogP contribution in [-0.2, 0) is 0 Å². The fourth-order valence-electron chi connectivity index (χ4n) is 0.495. The van der Waals surface area contributed by atoms with Gasteiger partial charge in [0.15, 0.2) is 10.4 Å². The summed E-state index contributed by atoms with van der Waals surface area (Å²) in [4.78, 5) is 3.69. The summed E-state index contributed by atoms with van der Waals surface area (Å²) in [6.45, 7) is 0. The zero-order valence-corrected chi connectivity index (χ0v) is 7.15. The summed E-state index contributed by atoms with van der Waals surface area (Å²) in [5.41, 5.74) is 5.53. The van der Waals surface area contributed by atoms with Crippen LogP contribution in [0, 0.1) is 0 Å². The van der Waals surface area contributed by atoms with Crippen molar-refractivity contribution in [2.24, 2.45) is 0 Å². The number of halogens is 2. The monoisotopic (exact) mass is 222 g/mol. The normalized spacial score (nSPS) is 9.80. The molecular formula is C5H4BrClN2O. The summed E-state index contributed by atoms with van der Waals surface area (Å²) in [7, 11) is 0. The summed E-state index contributed by atoms with van der Waals surface area (Å²) in [6.07, 6.45) is 0. The molecule has 3 N–H and O–H groups in total. The predicted octanol–water partition coefficient (Wildman–Crippen LogP) is 1.79. The lowest BCUT2D eigenvalue weighted by Gasteiger charge is -1.99. The van der Waals surface area contributed by atoms with E-state index >= 15 is 0 Å². The Labute approximate surface area is 71.0 Å². The van der Waals surface area contributed by atoms with Crippen molar-refractivity contribution in [3.8, 4) is 5.75 Å². The zero-order chi connectivity index (χ0) is 7.72. The van der Waals surface area contributed by atoms with Gasteiger partial charge in [0.2, 0.25) is 0 Å². The first kappa shape index (κ1) is 7.63. The second kappa shape index (κ2) is 2.64. The fraction of sp³-hybridized carbons (Fsp3) is 0. The number of nitrogen functional groups attached to an aromatic ring is 1. The van der Waals surface area contributed by atoms with E-state index < -0.39 is 0 Å². The molecule has 0 fully saturated rings. The molecule has 0 unspecified atom stereocenters. The SMILES string of the molecule is Nc1cc(Cl)nc(Br)c1O. The Bertz CT molecular complexity index is 243. The highest BCUT2D eigenvalue weighted by atomic mass is 79.9. The van der Waals surface area contributed by atoms with E-state index in [9.17, 15) is 0 Å². The van der Waals surface area contributed by atoms with Gasteiger partial charge in [0.25, 0.3) is 0 Å². The van der Waals surface area contributed by atoms with Crippen LogP contribution in [0.25, 0.3) is 0 Å². The zero-order valence-electron chi connectivity index (χ0n) is 4.81. The van der Waals surface area contributed by atoms with Gasteiger partial charge in [-0.1, -0.05) is 11.6 Å². The van der Waals surface area contributed by atoms with Crippen molar-refractivity contribution in [2.75, 3.05) is 5.73 Å². The predicted molar refractivity (Wildman–Crippen MR) is 43.0 cm³/mol. The van der Waals surface area contributed by atoms with E-state index in [0.717, 1.165) is 0 Å². The van der Waals surface area contributed by atoms with Crippen LogP contribution in [0.15, 0.2) is 10.7 Å². The second-order valence-corrected chi connectivity index (χ2v) is 2.81. The van der Waals surface area contributed by atoms with Gasteiger partial charge in [0, 0.05) is 6.07 Å². The minimum atomic E-state index is -0.0793. The molecule has 0 saturated carbocycles. The Morgan fingerprint density at radius 2 is 2.30 bits per heavy atom. The number of aromatic nitrogens is 1. The van der Waals surface area contributed by atoms with Crippen LogP contribution in [0.4, 0.5) is 5.69 Å². The van der Waals surface area contributed by atoms with E-state index in [1.54, 1.807) is 0 Å². The number of hydrogen-bond acceptors (Lipinski definition) is 3. The van der Waals surface area contributed by atoms with Crippen molar-refractivity contribution in [3.05, 3.63) is 15.8 Å². The number of nitrogens with two attached hydrogens (primary N) is 1. The second-order valence-electron chi connectivity index (χ2n) is 1.67. The molecule has 0 aromatic carbocycles. The Kier molecular flexibility index (Phi) is 2.01. The van der Waals surface area contributed by atoms with E-state index in [1.807, 2.05) is 0 Å². The Balaban J connectivity index is 3.31. The highest BCUT2D eigenvalue weighted by molar-refractivity contribution is 9.10. The van der Waals surface area contributed by atoms with Gasteiger partial charge in [-0.15, -0.1) is 0 Å². The van der Waals surface area contributed by atoms with Crippen molar-refractivity contribution < 1.29 is 5.11 Å². The smallest absolute Gasteiger partial charge is 0.171 e. The lowest BCUT2D eigenvalue weighted by molar-refractivity contribution is 0.471. The van der Waals surface area contributed by atoms with Crippen molar-refractivity contribution in [1.29, 1.82) is 0 Å². The molecule has 5 heteroatoms. The van der Waals surface area contributed by atoms with Gasteiger partial charge in [-0.3, -0.25) is 0 Å². The van der Waals surface area contributed by atoms with E-state index in [1.165, 1.54) is 6.07 Å². The molecule has 54 valence electrons. The molecule has 1 aromatic heterocycles. The minimum Gasteiger partial charge on any atom is -0.504 e.